The predicted octanol–water partition coefficient (Wildman–Crippen LogP) is 2.87. The minimum Gasteiger partial charge on any atom is -0.461 e. The van der Waals surface area contributed by atoms with Crippen LogP contribution in [0.1, 0.15) is 19.4 Å². The van der Waals surface area contributed by atoms with Crippen molar-refractivity contribution >= 4 is 22.9 Å². The number of fused-ring (bicyclic) bond motifs is 1. The molecule has 0 spiro atoms. The van der Waals surface area contributed by atoms with E-state index in [1.165, 1.54) is 6.07 Å². The van der Waals surface area contributed by atoms with E-state index in [9.17, 15) is 14.4 Å². The van der Waals surface area contributed by atoms with Crippen LogP contribution < -0.4 is 5.63 Å². The number of carbonyl (C=O) groups is 2. The average molecular weight is 448 g/mol. The first kappa shape index (κ1) is 28.8. The van der Waals surface area contributed by atoms with Crippen LogP contribution in [0.4, 0.5) is 0 Å². The number of rotatable bonds is 7. The third kappa shape index (κ3) is 12.5. The maximum absolute atomic E-state index is 10.9. The molecule has 32 heavy (non-hydrogen) atoms. The summed E-state index contributed by atoms with van der Waals surface area (Å²) in [4.78, 5) is 34.1. The highest BCUT2D eigenvalue weighted by atomic mass is 16.5. The van der Waals surface area contributed by atoms with E-state index in [2.05, 4.69) is 17.9 Å². The van der Waals surface area contributed by atoms with Crippen molar-refractivity contribution in [1.29, 1.82) is 0 Å². The van der Waals surface area contributed by atoms with Crippen LogP contribution in [0.25, 0.3) is 11.0 Å². The van der Waals surface area contributed by atoms with Crippen LogP contribution in [0, 0.1) is 6.92 Å². The number of likely N-dealkylation sites (N-methyl/N-ethyl adjacent to an activating group) is 1. The first-order valence-electron chi connectivity index (χ1n) is 9.89. The summed E-state index contributed by atoms with van der Waals surface area (Å²) in [5.41, 5.74) is 2.13. The van der Waals surface area contributed by atoms with Crippen molar-refractivity contribution in [3.63, 3.8) is 0 Å². The average Bonchev–Trinajstić information content (AvgIpc) is 2.72. The maximum Gasteiger partial charge on any atom is 0.336 e. The SMILES string of the molecule is C=C(C)C(=O)OCCN(C)C.C=C(C)C(=O)OCCO.Cc1cc(=O)oc2ccccc12. The Hall–Kier alpha value is -3.23. The maximum atomic E-state index is 10.9. The van der Waals surface area contributed by atoms with E-state index >= 15 is 0 Å². The molecular weight excluding hydrogens is 414 g/mol. The molecule has 0 bridgehead atoms. The monoisotopic (exact) mass is 447 g/mol. The lowest BCUT2D eigenvalue weighted by Gasteiger charge is -2.09. The number of esters is 2. The molecule has 8 heteroatoms. The van der Waals surface area contributed by atoms with Crippen LogP contribution in [0.5, 0.6) is 0 Å². The van der Waals surface area contributed by atoms with Gasteiger partial charge in [0.15, 0.2) is 0 Å². The van der Waals surface area contributed by atoms with Gasteiger partial charge in [-0.15, -0.1) is 0 Å². The second-order valence-corrected chi connectivity index (χ2v) is 7.10. The summed E-state index contributed by atoms with van der Waals surface area (Å²) in [5, 5.41) is 9.19. The molecule has 0 unspecified atom stereocenters. The van der Waals surface area contributed by atoms with Gasteiger partial charge in [0.2, 0.25) is 0 Å². The van der Waals surface area contributed by atoms with Crippen molar-refractivity contribution in [2.75, 3.05) is 40.5 Å². The normalized spacial score (nSPS) is 9.72. The Morgan fingerprint density at radius 3 is 2.06 bits per heavy atom. The number of nitrogens with zero attached hydrogens (tertiary/aromatic N) is 1. The highest BCUT2D eigenvalue weighted by Gasteiger charge is 2.02. The van der Waals surface area contributed by atoms with Crippen molar-refractivity contribution in [3.8, 4) is 0 Å². The third-order valence-electron chi connectivity index (χ3n) is 3.65. The predicted molar refractivity (Wildman–Crippen MR) is 124 cm³/mol. The largest absolute Gasteiger partial charge is 0.461 e. The molecule has 0 aliphatic rings. The number of aliphatic hydroxyl groups excluding tert-OH is 1. The number of ether oxygens (including phenoxy) is 2. The zero-order valence-electron chi connectivity index (χ0n) is 19.5. The summed E-state index contributed by atoms with van der Waals surface area (Å²) in [7, 11) is 3.85. The van der Waals surface area contributed by atoms with Crippen molar-refractivity contribution < 1.29 is 28.6 Å². The van der Waals surface area contributed by atoms with Crippen molar-refractivity contribution in [2.45, 2.75) is 20.8 Å². The van der Waals surface area contributed by atoms with Gasteiger partial charge in [-0.2, -0.15) is 0 Å². The topological polar surface area (TPSA) is 106 Å². The van der Waals surface area contributed by atoms with E-state index in [4.69, 9.17) is 14.3 Å². The highest BCUT2D eigenvalue weighted by Crippen LogP contribution is 2.14. The minimum absolute atomic E-state index is 0.0473. The van der Waals surface area contributed by atoms with Crippen LogP contribution >= 0.6 is 0 Å². The first-order valence-corrected chi connectivity index (χ1v) is 9.89. The quantitative estimate of drug-likeness (QED) is 0.392. The van der Waals surface area contributed by atoms with Crippen LogP contribution in [0.2, 0.25) is 0 Å². The lowest BCUT2D eigenvalue weighted by molar-refractivity contribution is -0.140. The fourth-order valence-corrected chi connectivity index (χ4v) is 1.98. The molecule has 1 aromatic carbocycles. The molecule has 0 radical (unpaired) electrons. The second kappa shape index (κ2) is 15.6. The van der Waals surface area contributed by atoms with Gasteiger partial charge in [-0.1, -0.05) is 31.4 Å². The summed E-state index contributed by atoms with van der Waals surface area (Å²) < 4.78 is 14.3. The lowest BCUT2D eigenvalue weighted by atomic mass is 10.1. The molecule has 0 aliphatic heterocycles. The molecule has 1 aromatic heterocycles. The van der Waals surface area contributed by atoms with E-state index < -0.39 is 5.97 Å². The van der Waals surface area contributed by atoms with E-state index in [0.29, 0.717) is 23.3 Å². The molecular formula is C24H33NO7. The zero-order chi connectivity index (χ0) is 24.7. The molecule has 1 N–H and O–H groups in total. The van der Waals surface area contributed by atoms with E-state index in [1.807, 2.05) is 44.1 Å². The molecule has 2 rings (SSSR count). The number of carbonyl (C=O) groups excluding carboxylic acids is 2. The van der Waals surface area contributed by atoms with Gasteiger partial charge in [0, 0.05) is 29.1 Å². The molecule has 0 saturated heterocycles. The minimum atomic E-state index is -0.455. The lowest BCUT2D eigenvalue weighted by Crippen LogP contribution is -2.20. The van der Waals surface area contributed by atoms with E-state index in [0.717, 1.165) is 17.5 Å². The number of hydrogen-bond acceptors (Lipinski definition) is 8. The number of benzene rings is 1. The Balaban J connectivity index is 0.000000457. The fourth-order valence-electron chi connectivity index (χ4n) is 1.98. The Labute approximate surface area is 188 Å². The molecule has 8 nitrogen and oxygen atoms in total. The number of aryl methyl sites for hydroxylation is 1. The van der Waals surface area contributed by atoms with E-state index in [1.54, 1.807) is 19.9 Å². The van der Waals surface area contributed by atoms with Crippen molar-refractivity contribution in [2.24, 2.45) is 0 Å². The summed E-state index contributed by atoms with van der Waals surface area (Å²) in [6.07, 6.45) is 0. The Bertz CT molecular complexity index is 960. The molecule has 176 valence electrons. The van der Waals surface area contributed by atoms with Gasteiger partial charge in [-0.05, 0) is 46.5 Å². The van der Waals surface area contributed by atoms with Gasteiger partial charge in [0.25, 0.3) is 0 Å². The molecule has 0 amide bonds. The Kier molecular flexibility index (Phi) is 14.0. The van der Waals surface area contributed by atoms with Gasteiger partial charge in [-0.3, -0.25) is 0 Å². The highest BCUT2D eigenvalue weighted by molar-refractivity contribution is 5.87. The molecule has 2 aromatic rings. The molecule has 0 aliphatic carbocycles. The van der Waals surface area contributed by atoms with Crippen molar-refractivity contribution in [1.82, 2.24) is 4.90 Å². The van der Waals surface area contributed by atoms with Gasteiger partial charge in [0.1, 0.15) is 18.8 Å². The number of hydrogen-bond donors (Lipinski definition) is 1. The van der Waals surface area contributed by atoms with Crippen LogP contribution in [0.3, 0.4) is 0 Å². The number of aliphatic hydroxyl groups is 1. The third-order valence-corrected chi connectivity index (χ3v) is 3.65. The smallest absolute Gasteiger partial charge is 0.336 e. The second-order valence-electron chi connectivity index (χ2n) is 7.10. The van der Waals surface area contributed by atoms with E-state index in [-0.39, 0.29) is 24.8 Å². The van der Waals surface area contributed by atoms with Crippen LogP contribution in [0.15, 0.2) is 63.8 Å². The first-order chi connectivity index (χ1) is 15.0. The summed E-state index contributed by atoms with van der Waals surface area (Å²) >= 11 is 0. The molecule has 0 saturated carbocycles. The summed E-state index contributed by atoms with van der Waals surface area (Å²) in [5.74, 6) is -0.768. The van der Waals surface area contributed by atoms with Gasteiger partial charge in [-0.25, -0.2) is 14.4 Å². The Morgan fingerprint density at radius 1 is 1.03 bits per heavy atom. The fraction of sp³-hybridized carbons (Fsp3) is 0.375. The molecule has 0 fully saturated rings. The summed E-state index contributed by atoms with van der Waals surface area (Å²) in [6.45, 7) is 13.0. The van der Waals surface area contributed by atoms with Crippen LogP contribution in [-0.4, -0.2) is 62.4 Å². The zero-order valence-corrected chi connectivity index (χ0v) is 19.5. The Morgan fingerprint density at radius 2 is 1.56 bits per heavy atom. The summed E-state index contributed by atoms with van der Waals surface area (Å²) in [6, 6.07) is 9.01. The van der Waals surface area contributed by atoms with Crippen molar-refractivity contribution in [3.05, 3.63) is 70.6 Å². The van der Waals surface area contributed by atoms with Gasteiger partial charge in [0.05, 0.1) is 6.61 Å². The number of para-hydroxylation sites is 1. The van der Waals surface area contributed by atoms with Gasteiger partial charge < -0.3 is 23.9 Å². The van der Waals surface area contributed by atoms with Gasteiger partial charge >= 0.3 is 17.6 Å². The van der Waals surface area contributed by atoms with Crippen LogP contribution in [-0.2, 0) is 19.1 Å². The standard InChI is InChI=1S/C10H8O2.C8H15NO2.C6H10O3/c1-7-6-10(11)12-9-5-3-2-4-8(7)9;1-7(2)8(10)11-6-5-9(3)4;1-5(2)6(8)9-4-3-7/h2-6H,1H3;1,5-6H2,2-4H3;7H,1,3-4H2,2H3. The molecule has 0 atom stereocenters. The molecule has 1 heterocycles.